The molecule has 8 heteroatoms. The first-order valence-corrected chi connectivity index (χ1v) is 6.33. The maximum atomic E-state index is 13.2. The van der Waals surface area contributed by atoms with Gasteiger partial charge in [-0.05, 0) is 40.2 Å². The molecule has 21 heavy (non-hydrogen) atoms. The fourth-order valence-electron chi connectivity index (χ4n) is 1.58. The molecule has 0 aliphatic carbocycles. The number of benzene rings is 1. The van der Waals surface area contributed by atoms with E-state index in [1.165, 1.54) is 12.3 Å². The van der Waals surface area contributed by atoms with Crippen LogP contribution in [-0.4, -0.2) is 22.0 Å². The van der Waals surface area contributed by atoms with Gasteiger partial charge in [0.2, 0.25) is 0 Å². The summed E-state index contributed by atoms with van der Waals surface area (Å²) in [6.07, 6.45) is 1.47. The zero-order valence-corrected chi connectivity index (χ0v) is 11.8. The molecule has 0 fully saturated rings. The molecule has 0 bridgehead atoms. The largest absolute Gasteiger partial charge is 0.478 e. The SMILES string of the molecule is O=C(O)c1cc(F)c(F)cc1C(=O)Nc1cccnc1Br. The maximum absolute atomic E-state index is 13.2. The molecule has 0 aliphatic rings. The number of hydrogen-bond acceptors (Lipinski definition) is 3. The first kappa shape index (κ1) is 15.0. The van der Waals surface area contributed by atoms with Crippen molar-refractivity contribution in [2.24, 2.45) is 0 Å². The summed E-state index contributed by atoms with van der Waals surface area (Å²) in [7, 11) is 0. The Kier molecular flexibility index (Phi) is 4.27. The zero-order chi connectivity index (χ0) is 15.6. The van der Waals surface area contributed by atoms with E-state index in [1.54, 1.807) is 6.07 Å². The number of amides is 1. The number of hydrogen-bond donors (Lipinski definition) is 2. The van der Waals surface area contributed by atoms with E-state index in [0.717, 1.165) is 0 Å². The molecule has 1 amide bonds. The van der Waals surface area contributed by atoms with E-state index in [1.807, 2.05) is 0 Å². The predicted molar refractivity (Wildman–Crippen MR) is 73.2 cm³/mol. The normalized spacial score (nSPS) is 10.2. The lowest BCUT2D eigenvalue weighted by molar-refractivity contribution is 0.0691. The lowest BCUT2D eigenvalue weighted by atomic mass is 10.1. The van der Waals surface area contributed by atoms with Crippen LogP contribution in [0.3, 0.4) is 0 Å². The molecule has 108 valence electrons. The van der Waals surface area contributed by atoms with Crippen molar-refractivity contribution in [1.82, 2.24) is 4.98 Å². The van der Waals surface area contributed by atoms with E-state index in [9.17, 15) is 18.4 Å². The smallest absolute Gasteiger partial charge is 0.336 e. The molecule has 2 N–H and O–H groups in total. The molecule has 1 aromatic carbocycles. The van der Waals surface area contributed by atoms with Crippen LogP contribution in [0.25, 0.3) is 0 Å². The quantitative estimate of drug-likeness (QED) is 0.828. The second kappa shape index (κ2) is 5.96. The Morgan fingerprint density at radius 1 is 1.19 bits per heavy atom. The van der Waals surface area contributed by atoms with Gasteiger partial charge in [-0.15, -0.1) is 0 Å². The van der Waals surface area contributed by atoms with Gasteiger partial charge >= 0.3 is 5.97 Å². The molecule has 0 unspecified atom stereocenters. The summed E-state index contributed by atoms with van der Waals surface area (Å²) in [6.45, 7) is 0. The second-order valence-electron chi connectivity index (χ2n) is 3.91. The number of nitrogens with zero attached hydrogens (tertiary/aromatic N) is 1. The van der Waals surface area contributed by atoms with Crippen LogP contribution in [-0.2, 0) is 0 Å². The molecule has 0 saturated carbocycles. The van der Waals surface area contributed by atoms with Crippen LogP contribution in [0.5, 0.6) is 0 Å². The summed E-state index contributed by atoms with van der Waals surface area (Å²) in [6, 6.07) is 4.06. The number of aromatic nitrogens is 1. The second-order valence-corrected chi connectivity index (χ2v) is 4.66. The van der Waals surface area contributed by atoms with Crippen LogP contribution in [0.1, 0.15) is 20.7 Å². The molecule has 5 nitrogen and oxygen atoms in total. The molecular weight excluding hydrogens is 350 g/mol. The Hall–Kier alpha value is -2.35. The Morgan fingerprint density at radius 2 is 1.81 bits per heavy atom. The molecule has 2 aromatic rings. The number of pyridine rings is 1. The zero-order valence-electron chi connectivity index (χ0n) is 10.2. The molecule has 1 aromatic heterocycles. The fourth-order valence-corrected chi connectivity index (χ4v) is 1.93. The number of aromatic carboxylic acids is 1. The molecule has 0 spiro atoms. The maximum Gasteiger partial charge on any atom is 0.336 e. The summed E-state index contributed by atoms with van der Waals surface area (Å²) >= 11 is 3.09. The summed E-state index contributed by atoms with van der Waals surface area (Å²) in [5.74, 6) is -5.08. The summed E-state index contributed by atoms with van der Waals surface area (Å²) in [5, 5.41) is 11.3. The molecule has 1 heterocycles. The van der Waals surface area contributed by atoms with Gasteiger partial charge in [-0.1, -0.05) is 0 Å². The van der Waals surface area contributed by atoms with E-state index in [2.05, 4.69) is 26.2 Å². The number of anilines is 1. The Morgan fingerprint density at radius 3 is 2.38 bits per heavy atom. The highest BCUT2D eigenvalue weighted by Crippen LogP contribution is 2.21. The number of carbonyl (C=O) groups excluding carboxylic acids is 1. The van der Waals surface area contributed by atoms with Crippen LogP contribution >= 0.6 is 15.9 Å². The van der Waals surface area contributed by atoms with E-state index in [-0.39, 0.29) is 5.69 Å². The van der Waals surface area contributed by atoms with Crippen molar-refractivity contribution in [3.05, 3.63) is 57.8 Å². The van der Waals surface area contributed by atoms with Crippen molar-refractivity contribution >= 4 is 33.5 Å². The highest BCUT2D eigenvalue weighted by Gasteiger charge is 2.21. The van der Waals surface area contributed by atoms with Gasteiger partial charge in [0.1, 0.15) is 4.60 Å². The van der Waals surface area contributed by atoms with E-state index >= 15 is 0 Å². The van der Waals surface area contributed by atoms with Gasteiger partial charge in [-0.25, -0.2) is 18.6 Å². The van der Waals surface area contributed by atoms with Crippen molar-refractivity contribution < 1.29 is 23.5 Å². The standard InChI is InChI=1S/C13H7BrF2N2O3/c14-11-10(2-1-3-17-11)18-12(19)6-4-8(15)9(16)5-7(6)13(20)21/h1-5H,(H,18,19)(H,20,21). The first-order valence-electron chi connectivity index (χ1n) is 5.54. The highest BCUT2D eigenvalue weighted by molar-refractivity contribution is 9.10. The number of carbonyl (C=O) groups is 2. The third-order valence-electron chi connectivity index (χ3n) is 2.54. The third kappa shape index (κ3) is 3.22. The number of nitrogens with one attached hydrogen (secondary N) is 1. The first-order chi connectivity index (χ1) is 9.90. The summed E-state index contributed by atoms with van der Waals surface area (Å²) in [4.78, 5) is 26.9. The Balaban J connectivity index is 2.42. The average molecular weight is 357 g/mol. The van der Waals surface area contributed by atoms with Gasteiger partial charge in [-0.3, -0.25) is 4.79 Å². The minimum atomic E-state index is -1.54. The summed E-state index contributed by atoms with van der Waals surface area (Å²) < 4.78 is 26.6. The molecule has 0 atom stereocenters. The highest BCUT2D eigenvalue weighted by atomic mass is 79.9. The van der Waals surface area contributed by atoms with Crippen molar-refractivity contribution in [2.45, 2.75) is 0 Å². The average Bonchev–Trinajstić information content (AvgIpc) is 2.43. The number of carboxylic acid groups (broad SMARTS) is 1. The van der Waals surface area contributed by atoms with Crippen molar-refractivity contribution in [3.8, 4) is 0 Å². The number of carboxylic acids is 1. The molecular formula is C13H7BrF2N2O3. The van der Waals surface area contributed by atoms with Crippen molar-refractivity contribution in [2.75, 3.05) is 5.32 Å². The van der Waals surface area contributed by atoms with Gasteiger partial charge in [0.25, 0.3) is 5.91 Å². The van der Waals surface area contributed by atoms with Crippen LogP contribution in [0.2, 0.25) is 0 Å². The summed E-state index contributed by atoms with van der Waals surface area (Å²) in [5.41, 5.74) is -0.855. The van der Waals surface area contributed by atoms with E-state index < -0.39 is 34.6 Å². The van der Waals surface area contributed by atoms with Gasteiger partial charge in [0.15, 0.2) is 11.6 Å². The van der Waals surface area contributed by atoms with Crippen LogP contribution in [0, 0.1) is 11.6 Å². The van der Waals surface area contributed by atoms with Gasteiger partial charge in [-0.2, -0.15) is 0 Å². The van der Waals surface area contributed by atoms with E-state index in [0.29, 0.717) is 16.7 Å². The lowest BCUT2D eigenvalue weighted by Crippen LogP contribution is -2.18. The molecule has 0 aliphatic heterocycles. The van der Waals surface area contributed by atoms with Crippen molar-refractivity contribution in [3.63, 3.8) is 0 Å². The van der Waals surface area contributed by atoms with Gasteiger partial charge in [0, 0.05) is 6.20 Å². The van der Waals surface area contributed by atoms with E-state index in [4.69, 9.17) is 5.11 Å². The van der Waals surface area contributed by atoms with Gasteiger partial charge < -0.3 is 10.4 Å². The number of rotatable bonds is 3. The Bertz CT molecular complexity index is 737. The molecule has 0 saturated heterocycles. The minimum Gasteiger partial charge on any atom is -0.478 e. The predicted octanol–water partition coefficient (Wildman–Crippen LogP) is 3.07. The topological polar surface area (TPSA) is 79.3 Å². The molecule has 2 rings (SSSR count). The fraction of sp³-hybridized carbons (Fsp3) is 0. The number of halogens is 3. The lowest BCUT2D eigenvalue weighted by Gasteiger charge is -2.09. The van der Waals surface area contributed by atoms with Crippen LogP contribution < -0.4 is 5.32 Å². The minimum absolute atomic E-state index is 0.267. The third-order valence-corrected chi connectivity index (χ3v) is 3.17. The monoisotopic (exact) mass is 356 g/mol. The van der Waals surface area contributed by atoms with Gasteiger partial charge in [0.05, 0.1) is 16.8 Å². The van der Waals surface area contributed by atoms with Crippen LogP contribution in [0.15, 0.2) is 35.1 Å². The molecule has 0 radical (unpaired) electrons. The van der Waals surface area contributed by atoms with Crippen LogP contribution in [0.4, 0.5) is 14.5 Å². The van der Waals surface area contributed by atoms with Crippen molar-refractivity contribution in [1.29, 1.82) is 0 Å². The Labute approximate surface area is 125 Å².